The van der Waals surface area contributed by atoms with Gasteiger partial charge in [-0.3, -0.25) is 14.9 Å². The third-order valence-electron chi connectivity index (χ3n) is 4.81. The number of benzene rings is 2. The molecule has 170 valence electrons. The maximum absolute atomic E-state index is 12.6. The lowest BCUT2D eigenvalue weighted by atomic mass is 10.1. The minimum Gasteiger partial charge on any atom is -0.482 e. The predicted octanol–water partition coefficient (Wildman–Crippen LogP) is 5.43. The highest BCUT2D eigenvalue weighted by Gasteiger charge is 2.25. The monoisotopic (exact) mass is 503 g/mol. The fourth-order valence-corrected chi connectivity index (χ4v) is 4.35. The quantitative estimate of drug-likeness (QED) is 0.434. The summed E-state index contributed by atoms with van der Waals surface area (Å²) >= 11 is 13.3. The Morgan fingerprint density at radius 2 is 2.18 bits per heavy atom. The molecule has 7 nitrogen and oxygen atoms in total. The molecule has 2 amide bonds. The molecule has 1 aromatic heterocycles. The molecule has 10 heteroatoms. The van der Waals surface area contributed by atoms with Crippen molar-refractivity contribution in [3.05, 3.63) is 64.5 Å². The number of fused-ring (bicyclic) bond motifs is 1. The first-order valence-electron chi connectivity index (χ1n) is 9.92. The van der Waals surface area contributed by atoms with Crippen LogP contribution in [0.2, 0.25) is 10.0 Å². The highest BCUT2D eigenvalue weighted by atomic mass is 35.5. The Morgan fingerprint density at radius 3 is 2.94 bits per heavy atom. The molecule has 0 bridgehead atoms. The van der Waals surface area contributed by atoms with E-state index < -0.39 is 6.10 Å². The molecular weight excluding hydrogens is 485 g/mol. The normalized spacial score (nSPS) is 13.7. The number of hydrogen-bond donors (Lipinski definition) is 1. The van der Waals surface area contributed by atoms with Gasteiger partial charge in [-0.1, -0.05) is 29.3 Å². The average Bonchev–Trinajstić information content (AvgIpc) is 3.25. The summed E-state index contributed by atoms with van der Waals surface area (Å²) in [7, 11) is 0. The molecule has 1 unspecified atom stereocenters. The average molecular weight is 504 g/mol. The van der Waals surface area contributed by atoms with Gasteiger partial charge >= 0.3 is 0 Å². The van der Waals surface area contributed by atoms with Crippen molar-refractivity contribution in [2.75, 3.05) is 23.4 Å². The summed E-state index contributed by atoms with van der Waals surface area (Å²) in [6.45, 7) is 5.70. The van der Waals surface area contributed by atoms with Crippen molar-refractivity contribution < 1.29 is 19.1 Å². The van der Waals surface area contributed by atoms with Gasteiger partial charge in [-0.15, -0.1) is 17.9 Å². The molecule has 1 aliphatic heterocycles. The summed E-state index contributed by atoms with van der Waals surface area (Å²) in [5, 5.41) is 5.79. The molecule has 0 aliphatic carbocycles. The summed E-state index contributed by atoms with van der Waals surface area (Å²) < 4.78 is 11.2. The molecule has 0 fully saturated rings. The van der Waals surface area contributed by atoms with E-state index in [0.717, 1.165) is 5.56 Å². The fourth-order valence-electron chi connectivity index (χ4n) is 3.18. The standard InChI is InChI=1S/C23H19Cl2N3O4S/c1-3-8-28-18-9-14(4-6-20(18)31-11-21(28)29)17-12-33-23(26-17)27-22(30)13(2)32-19-7-5-15(24)10-16(19)25/h3-7,9-10,12-13H,1,8,11H2,2H3,(H,26,27,30). The number of halogens is 2. The van der Waals surface area contributed by atoms with Crippen molar-refractivity contribution in [3.8, 4) is 22.8 Å². The van der Waals surface area contributed by atoms with Crippen LogP contribution in [0.15, 0.2) is 54.4 Å². The first kappa shape index (κ1) is 23.1. The van der Waals surface area contributed by atoms with Crippen LogP contribution in [0.25, 0.3) is 11.3 Å². The van der Waals surface area contributed by atoms with Crippen LogP contribution >= 0.6 is 34.5 Å². The van der Waals surface area contributed by atoms with Gasteiger partial charge in [-0.05, 0) is 43.3 Å². The van der Waals surface area contributed by atoms with Crippen LogP contribution in [0.4, 0.5) is 10.8 Å². The molecule has 0 saturated carbocycles. The zero-order valence-corrected chi connectivity index (χ0v) is 19.8. The topological polar surface area (TPSA) is 80.8 Å². The predicted molar refractivity (Wildman–Crippen MR) is 131 cm³/mol. The van der Waals surface area contributed by atoms with Crippen LogP contribution in [-0.4, -0.2) is 36.1 Å². The minimum absolute atomic E-state index is 0.00540. The lowest BCUT2D eigenvalue weighted by Crippen LogP contribution is -2.38. The second-order valence-corrected chi connectivity index (χ2v) is 8.83. The van der Waals surface area contributed by atoms with E-state index in [9.17, 15) is 9.59 Å². The highest BCUT2D eigenvalue weighted by Crippen LogP contribution is 2.37. The third kappa shape index (κ3) is 5.13. The molecule has 1 aliphatic rings. The molecule has 1 atom stereocenters. The molecule has 2 heterocycles. The van der Waals surface area contributed by atoms with E-state index >= 15 is 0 Å². The Kier molecular flexibility index (Phi) is 6.88. The number of nitrogens with zero attached hydrogens (tertiary/aromatic N) is 2. The van der Waals surface area contributed by atoms with Crippen molar-refractivity contribution in [2.45, 2.75) is 13.0 Å². The zero-order valence-electron chi connectivity index (χ0n) is 17.5. The summed E-state index contributed by atoms with van der Waals surface area (Å²) in [6.07, 6.45) is 0.853. The highest BCUT2D eigenvalue weighted by molar-refractivity contribution is 7.14. The van der Waals surface area contributed by atoms with Crippen LogP contribution in [0.1, 0.15) is 6.92 Å². The van der Waals surface area contributed by atoms with Gasteiger partial charge in [0.15, 0.2) is 17.8 Å². The smallest absolute Gasteiger partial charge is 0.266 e. The van der Waals surface area contributed by atoms with E-state index in [1.807, 2.05) is 17.5 Å². The van der Waals surface area contributed by atoms with Gasteiger partial charge < -0.3 is 14.4 Å². The molecule has 0 radical (unpaired) electrons. The molecule has 33 heavy (non-hydrogen) atoms. The number of aromatic nitrogens is 1. The molecule has 0 saturated heterocycles. The molecule has 4 rings (SSSR count). The Bertz CT molecular complexity index is 1230. The van der Waals surface area contributed by atoms with Crippen LogP contribution in [-0.2, 0) is 9.59 Å². The zero-order chi connectivity index (χ0) is 23.5. The van der Waals surface area contributed by atoms with Gasteiger partial charge in [0.25, 0.3) is 11.8 Å². The summed E-state index contributed by atoms with van der Waals surface area (Å²) in [6, 6.07) is 10.3. The van der Waals surface area contributed by atoms with Crippen LogP contribution in [0.5, 0.6) is 11.5 Å². The number of rotatable bonds is 7. The Hall–Kier alpha value is -3.07. The summed E-state index contributed by atoms with van der Waals surface area (Å²) in [4.78, 5) is 30.9. The lowest BCUT2D eigenvalue weighted by molar-refractivity contribution is -0.122. The van der Waals surface area contributed by atoms with Crippen molar-refractivity contribution in [2.24, 2.45) is 0 Å². The molecule has 2 aromatic carbocycles. The maximum Gasteiger partial charge on any atom is 0.266 e. The number of thiazole rings is 1. The Labute approximate surface area is 204 Å². The number of amides is 2. The number of ether oxygens (including phenoxy) is 2. The Morgan fingerprint density at radius 1 is 1.36 bits per heavy atom. The van der Waals surface area contributed by atoms with Crippen LogP contribution < -0.4 is 19.7 Å². The van der Waals surface area contributed by atoms with Gasteiger partial charge in [0, 0.05) is 22.5 Å². The Balaban J connectivity index is 1.47. The van der Waals surface area contributed by atoms with E-state index in [-0.39, 0.29) is 18.4 Å². The van der Waals surface area contributed by atoms with E-state index in [1.165, 1.54) is 11.3 Å². The van der Waals surface area contributed by atoms with Crippen molar-refractivity contribution in [1.29, 1.82) is 0 Å². The summed E-state index contributed by atoms with van der Waals surface area (Å²) in [5.74, 6) is 0.471. The molecule has 0 spiro atoms. The van der Waals surface area contributed by atoms with Crippen LogP contribution in [0.3, 0.4) is 0 Å². The van der Waals surface area contributed by atoms with Gasteiger partial charge in [0.05, 0.1) is 16.4 Å². The minimum atomic E-state index is -0.810. The van der Waals surface area contributed by atoms with Gasteiger partial charge in [0.2, 0.25) is 0 Å². The largest absolute Gasteiger partial charge is 0.482 e. The van der Waals surface area contributed by atoms with Gasteiger partial charge in [0.1, 0.15) is 11.5 Å². The second-order valence-electron chi connectivity index (χ2n) is 7.13. The number of carbonyl (C=O) groups is 2. The first-order chi connectivity index (χ1) is 15.9. The second kappa shape index (κ2) is 9.82. The number of nitrogens with one attached hydrogen (secondary N) is 1. The van der Waals surface area contributed by atoms with Crippen molar-refractivity contribution in [1.82, 2.24) is 4.98 Å². The molecular formula is C23H19Cl2N3O4S. The van der Waals surface area contributed by atoms with Crippen molar-refractivity contribution >= 4 is 57.2 Å². The maximum atomic E-state index is 12.6. The van der Waals surface area contributed by atoms with E-state index in [2.05, 4.69) is 16.9 Å². The number of carbonyl (C=O) groups excluding carboxylic acids is 2. The van der Waals surface area contributed by atoms with E-state index in [1.54, 1.807) is 42.2 Å². The third-order valence-corrected chi connectivity index (χ3v) is 6.10. The lowest BCUT2D eigenvalue weighted by Gasteiger charge is -2.28. The number of hydrogen-bond acceptors (Lipinski definition) is 6. The summed E-state index contributed by atoms with van der Waals surface area (Å²) in [5.41, 5.74) is 2.10. The number of anilines is 2. The van der Waals surface area contributed by atoms with Crippen LogP contribution in [0, 0.1) is 0 Å². The van der Waals surface area contributed by atoms with E-state index in [0.29, 0.717) is 44.6 Å². The molecule has 3 aromatic rings. The fraction of sp³-hybridized carbons (Fsp3) is 0.174. The SMILES string of the molecule is C=CCN1C(=O)COc2ccc(-c3csc(NC(=O)C(C)Oc4ccc(Cl)cc4Cl)n3)cc21. The van der Waals surface area contributed by atoms with Crippen molar-refractivity contribution in [3.63, 3.8) is 0 Å². The first-order valence-corrected chi connectivity index (χ1v) is 11.6. The van der Waals surface area contributed by atoms with E-state index in [4.69, 9.17) is 32.7 Å². The van der Waals surface area contributed by atoms with Gasteiger partial charge in [-0.2, -0.15) is 0 Å². The van der Waals surface area contributed by atoms with Gasteiger partial charge in [-0.25, -0.2) is 4.98 Å². The molecule has 1 N–H and O–H groups in total.